The SMILES string of the molecule is Cc1cc(N)ccc1SC1CCOC2(CCSC2)C1. The number of anilines is 1. The third-order valence-electron chi connectivity index (χ3n) is 4.01. The lowest BCUT2D eigenvalue weighted by atomic mass is 9.93. The quantitative estimate of drug-likeness (QED) is 0.843. The molecule has 1 aromatic rings. The fourth-order valence-electron chi connectivity index (χ4n) is 2.93. The Kier molecular flexibility index (Phi) is 4.01. The lowest BCUT2D eigenvalue weighted by Gasteiger charge is -2.37. The van der Waals surface area contributed by atoms with Crippen molar-refractivity contribution in [2.24, 2.45) is 0 Å². The number of rotatable bonds is 2. The lowest BCUT2D eigenvalue weighted by Crippen LogP contribution is -2.40. The predicted octanol–water partition coefficient (Wildman–Crippen LogP) is 3.72. The molecule has 2 fully saturated rings. The van der Waals surface area contributed by atoms with Crippen molar-refractivity contribution in [1.82, 2.24) is 0 Å². The van der Waals surface area contributed by atoms with Crippen molar-refractivity contribution in [3.8, 4) is 0 Å². The van der Waals surface area contributed by atoms with Gasteiger partial charge in [-0.3, -0.25) is 0 Å². The zero-order valence-electron chi connectivity index (χ0n) is 11.4. The van der Waals surface area contributed by atoms with Gasteiger partial charge < -0.3 is 10.5 Å². The second kappa shape index (κ2) is 5.58. The van der Waals surface area contributed by atoms with Gasteiger partial charge in [-0.1, -0.05) is 0 Å². The van der Waals surface area contributed by atoms with Gasteiger partial charge in [0.05, 0.1) is 5.60 Å². The monoisotopic (exact) mass is 295 g/mol. The molecule has 2 unspecified atom stereocenters. The van der Waals surface area contributed by atoms with Crippen LogP contribution in [0.1, 0.15) is 24.8 Å². The van der Waals surface area contributed by atoms with Gasteiger partial charge in [0, 0.05) is 28.2 Å². The van der Waals surface area contributed by atoms with Crippen LogP contribution < -0.4 is 5.73 Å². The Morgan fingerprint density at radius 2 is 2.37 bits per heavy atom. The van der Waals surface area contributed by atoms with Crippen LogP contribution in [-0.2, 0) is 4.74 Å². The molecule has 19 heavy (non-hydrogen) atoms. The molecule has 4 heteroatoms. The molecule has 104 valence electrons. The van der Waals surface area contributed by atoms with E-state index in [1.165, 1.54) is 41.2 Å². The topological polar surface area (TPSA) is 35.2 Å². The molecule has 1 spiro atoms. The molecule has 0 bridgehead atoms. The van der Waals surface area contributed by atoms with Gasteiger partial charge in [0.15, 0.2) is 0 Å². The molecule has 2 saturated heterocycles. The first-order valence-electron chi connectivity index (χ1n) is 6.91. The first-order chi connectivity index (χ1) is 9.17. The number of aryl methyl sites for hydroxylation is 1. The van der Waals surface area contributed by atoms with Crippen LogP contribution in [0.5, 0.6) is 0 Å². The highest BCUT2D eigenvalue weighted by atomic mass is 32.2. The molecule has 0 aliphatic carbocycles. The van der Waals surface area contributed by atoms with Crippen molar-refractivity contribution >= 4 is 29.2 Å². The molecule has 0 amide bonds. The number of hydrogen-bond acceptors (Lipinski definition) is 4. The summed E-state index contributed by atoms with van der Waals surface area (Å²) in [5, 5.41) is 0.690. The first kappa shape index (κ1) is 13.7. The molecular formula is C15H21NOS2. The van der Waals surface area contributed by atoms with Crippen molar-refractivity contribution in [3.05, 3.63) is 23.8 Å². The van der Waals surface area contributed by atoms with Crippen LogP contribution in [0.2, 0.25) is 0 Å². The van der Waals surface area contributed by atoms with Gasteiger partial charge in [0.1, 0.15) is 0 Å². The van der Waals surface area contributed by atoms with E-state index in [1.54, 1.807) is 0 Å². The molecule has 2 nitrogen and oxygen atoms in total. The Hall–Kier alpha value is -0.320. The number of ether oxygens (including phenoxy) is 1. The minimum Gasteiger partial charge on any atom is -0.399 e. The van der Waals surface area contributed by atoms with E-state index >= 15 is 0 Å². The van der Waals surface area contributed by atoms with Crippen molar-refractivity contribution in [2.75, 3.05) is 23.8 Å². The van der Waals surface area contributed by atoms with Gasteiger partial charge in [-0.2, -0.15) is 11.8 Å². The second-order valence-corrected chi connectivity index (χ2v) is 8.04. The Morgan fingerprint density at radius 3 is 3.11 bits per heavy atom. The normalized spacial score (nSPS) is 30.9. The fraction of sp³-hybridized carbons (Fsp3) is 0.600. The summed E-state index contributed by atoms with van der Waals surface area (Å²) in [6.07, 6.45) is 3.60. The minimum absolute atomic E-state index is 0.183. The van der Waals surface area contributed by atoms with Crippen molar-refractivity contribution < 1.29 is 4.74 Å². The molecule has 2 N–H and O–H groups in total. The molecular weight excluding hydrogens is 274 g/mol. The maximum Gasteiger partial charge on any atom is 0.0791 e. The Bertz CT molecular complexity index is 457. The molecule has 0 radical (unpaired) electrons. The summed E-state index contributed by atoms with van der Waals surface area (Å²) in [6.45, 7) is 3.07. The summed E-state index contributed by atoms with van der Waals surface area (Å²) < 4.78 is 6.09. The van der Waals surface area contributed by atoms with Gasteiger partial charge in [-0.15, -0.1) is 11.8 Å². The number of nitrogens with two attached hydrogens (primary N) is 1. The summed E-state index contributed by atoms with van der Waals surface area (Å²) >= 11 is 4.06. The standard InChI is InChI=1S/C15H21NOS2/c1-11-8-12(16)2-3-14(11)19-13-4-6-17-15(9-13)5-7-18-10-15/h2-3,8,13H,4-7,9-10,16H2,1H3. The van der Waals surface area contributed by atoms with Crippen LogP contribution in [0.3, 0.4) is 0 Å². The predicted molar refractivity (Wildman–Crippen MR) is 85.1 cm³/mol. The average molecular weight is 295 g/mol. The van der Waals surface area contributed by atoms with Gasteiger partial charge in [0.25, 0.3) is 0 Å². The molecule has 2 aliphatic heterocycles. The van der Waals surface area contributed by atoms with E-state index < -0.39 is 0 Å². The van der Waals surface area contributed by atoms with Gasteiger partial charge in [-0.25, -0.2) is 0 Å². The summed E-state index contributed by atoms with van der Waals surface area (Å²) in [4.78, 5) is 1.38. The number of nitrogen functional groups attached to an aromatic ring is 1. The van der Waals surface area contributed by atoms with E-state index in [0.29, 0.717) is 5.25 Å². The summed E-state index contributed by atoms with van der Waals surface area (Å²) in [6, 6.07) is 6.25. The van der Waals surface area contributed by atoms with Crippen molar-refractivity contribution in [3.63, 3.8) is 0 Å². The number of hydrogen-bond donors (Lipinski definition) is 1. The van der Waals surface area contributed by atoms with E-state index in [1.807, 2.05) is 29.6 Å². The highest BCUT2D eigenvalue weighted by molar-refractivity contribution is 8.00. The van der Waals surface area contributed by atoms with Crippen LogP contribution >= 0.6 is 23.5 Å². The Labute approximate surface area is 123 Å². The third-order valence-corrected chi connectivity index (χ3v) is 6.68. The number of thioether (sulfide) groups is 2. The summed E-state index contributed by atoms with van der Waals surface area (Å²) in [5.41, 5.74) is 8.16. The molecule has 3 rings (SSSR count). The van der Waals surface area contributed by atoms with Crippen molar-refractivity contribution in [2.45, 2.75) is 41.9 Å². The van der Waals surface area contributed by atoms with Gasteiger partial charge >= 0.3 is 0 Å². The second-order valence-electron chi connectivity index (χ2n) is 5.59. The van der Waals surface area contributed by atoms with Crippen LogP contribution in [0.25, 0.3) is 0 Å². The maximum atomic E-state index is 6.09. The smallest absolute Gasteiger partial charge is 0.0791 e. The number of benzene rings is 1. The average Bonchev–Trinajstić information content (AvgIpc) is 2.81. The van der Waals surface area contributed by atoms with E-state index in [-0.39, 0.29) is 5.60 Å². The van der Waals surface area contributed by atoms with Crippen LogP contribution in [0.15, 0.2) is 23.1 Å². The van der Waals surface area contributed by atoms with Gasteiger partial charge in [-0.05, 0) is 55.7 Å². The fourth-order valence-corrected chi connectivity index (χ4v) is 5.66. The highest BCUT2D eigenvalue weighted by Crippen LogP contribution is 2.43. The summed E-state index contributed by atoms with van der Waals surface area (Å²) in [7, 11) is 0. The first-order valence-corrected chi connectivity index (χ1v) is 8.95. The van der Waals surface area contributed by atoms with Crippen molar-refractivity contribution in [1.29, 1.82) is 0 Å². The highest BCUT2D eigenvalue weighted by Gasteiger charge is 2.40. The van der Waals surface area contributed by atoms with E-state index in [2.05, 4.69) is 19.1 Å². The van der Waals surface area contributed by atoms with Crippen LogP contribution in [-0.4, -0.2) is 29.0 Å². The van der Waals surface area contributed by atoms with E-state index in [9.17, 15) is 0 Å². The van der Waals surface area contributed by atoms with Gasteiger partial charge in [0.2, 0.25) is 0 Å². The molecule has 1 aromatic carbocycles. The Balaban J connectivity index is 1.69. The minimum atomic E-state index is 0.183. The molecule has 2 heterocycles. The Morgan fingerprint density at radius 1 is 1.47 bits per heavy atom. The van der Waals surface area contributed by atoms with Crippen LogP contribution in [0.4, 0.5) is 5.69 Å². The van der Waals surface area contributed by atoms with Crippen LogP contribution in [0, 0.1) is 6.92 Å². The molecule has 0 aromatic heterocycles. The molecule has 2 aliphatic rings. The maximum absolute atomic E-state index is 6.09. The van der Waals surface area contributed by atoms with E-state index in [4.69, 9.17) is 10.5 Å². The largest absolute Gasteiger partial charge is 0.399 e. The van der Waals surface area contributed by atoms with E-state index in [0.717, 1.165) is 12.3 Å². The lowest BCUT2D eigenvalue weighted by molar-refractivity contribution is -0.0562. The zero-order valence-corrected chi connectivity index (χ0v) is 13.0. The molecule has 2 atom stereocenters. The molecule has 0 saturated carbocycles. The third kappa shape index (κ3) is 3.06. The zero-order chi connectivity index (χ0) is 13.3. The summed E-state index contributed by atoms with van der Waals surface area (Å²) in [5.74, 6) is 2.45.